The first kappa shape index (κ1) is 16.4. The van der Waals surface area contributed by atoms with Crippen molar-refractivity contribution in [2.75, 3.05) is 33.9 Å². The third-order valence-electron chi connectivity index (χ3n) is 3.05. The van der Waals surface area contributed by atoms with E-state index in [0.29, 0.717) is 12.8 Å². The van der Waals surface area contributed by atoms with Crippen LogP contribution in [0.1, 0.15) is 32.6 Å². The Balaban J connectivity index is 4.02. The standard InChI is InChI=1S/C12H25NO4/c1-4-5-8-13(2)9-6-7-12(10-14,17-3)11(15)16/h14H,4-10H2,1-3H3,(H,15,16). The van der Waals surface area contributed by atoms with E-state index in [4.69, 9.17) is 14.9 Å². The molecule has 0 heterocycles. The van der Waals surface area contributed by atoms with Crippen molar-refractivity contribution in [3.63, 3.8) is 0 Å². The summed E-state index contributed by atoms with van der Waals surface area (Å²) in [6.07, 6.45) is 3.32. The molecule has 0 fully saturated rings. The molecule has 0 rings (SSSR count). The zero-order valence-electron chi connectivity index (χ0n) is 11.1. The van der Waals surface area contributed by atoms with Crippen molar-refractivity contribution in [2.45, 2.75) is 38.2 Å². The van der Waals surface area contributed by atoms with Gasteiger partial charge < -0.3 is 19.8 Å². The second kappa shape index (κ2) is 8.44. The van der Waals surface area contributed by atoms with Crippen LogP contribution in [-0.2, 0) is 9.53 Å². The molecule has 0 aromatic rings. The van der Waals surface area contributed by atoms with E-state index in [1.165, 1.54) is 7.11 Å². The lowest BCUT2D eigenvalue weighted by Crippen LogP contribution is -2.44. The van der Waals surface area contributed by atoms with Crippen molar-refractivity contribution >= 4 is 5.97 Å². The van der Waals surface area contributed by atoms with E-state index in [9.17, 15) is 4.79 Å². The lowest BCUT2D eigenvalue weighted by Gasteiger charge is -2.26. The summed E-state index contributed by atoms with van der Waals surface area (Å²) in [6, 6.07) is 0. The number of aliphatic hydroxyl groups excluding tert-OH is 1. The molecule has 0 aliphatic rings. The van der Waals surface area contributed by atoms with Gasteiger partial charge in [-0.05, 0) is 39.4 Å². The van der Waals surface area contributed by atoms with Gasteiger partial charge in [0.2, 0.25) is 0 Å². The minimum Gasteiger partial charge on any atom is -0.479 e. The van der Waals surface area contributed by atoms with Crippen molar-refractivity contribution in [1.29, 1.82) is 0 Å². The first-order valence-electron chi connectivity index (χ1n) is 6.10. The van der Waals surface area contributed by atoms with Crippen molar-refractivity contribution < 1.29 is 19.7 Å². The van der Waals surface area contributed by atoms with Crippen molar-refractivity contribution in [2.24, 2.45) is 0 Å². The van der Waals surface area contributed by atoms with Crippen LogP contribution in [0, 0.1) is 0 Å². The fourth-order valence-corrected chi connectivity index (χ4v) is 1.68. The molecule has 0 saturated heterocycles. The molecule has 0 amide bonds. The molecule has 0 aromatic heterocycles. The Kier molecular flexibility index (Phi) is 8.12. The summed E-state index contributed by atoms with van der Waals surface area (Å²) >= 11 is 0. The van der Waals surface area contributed by atoms with E-state index >= 15 is 0 Å². The zero-order chi connectivity index (χ0) is 13.3. The second-order valence-electron chi connectivity index (χ2n) is 4.42. The molecule has 1 unspecified atom stereocenters. The SMILES string of the molecule is CCCCN(C)CCCC(CO)(OC)C(=O)O. The quantitative estimate of drug-likeness (QED) is 0.602. The maximum atomic E-state index is 11.0. The number of ether oxygens (including phenoxy) is 1. The Labute approximate surface area is 103 Å². The van der Waals surface area contributed by atoms with Crippen LogP contribution in [0.3, 0.4) is 0 Å². The predicted molar refractivity (Wildman–Crippen MR) is 66.1 cm³/mol. The average molecular weight is 247 g/mol. The molecule has 5 heteroatoms. The number of hydrogen-bond acceptors (Lipinski definition) is 4. The molecule has 17 heavy (non-hydrogen) atoms. The van der Waals surface area contributed by atoms with Crippen LogP contribution in [0.2, 0.25) is 0 Å². The van der Waals surface area contributed by atoms with Gasteiger partial charge in [-0.1, -0.05) is 13.3 Å². The van der Waals surface area contributed by atoms with Gasteiger partial charge in [-0.2, -0.15) is 0 Å². The van der Waals surface area contributed by atoms with Crippen LogP contribution in [0.25, 0.3) is 0 Å². The lowest BCUT2D eigenvalue weighted by molar-refractivity contribution is -0.168. The Hall–Kier alpha value is -0.650. The maximum absolute atomic E-state index is 11.0. The van der Waals surface area contributed by atoms with Crippen LogP contribution >= 0.6 is 0 Å². The topological polar surface area (TPSA) is 70.0 Å². The molecule has 5 nitrogen and oxygen atoms in total. The molecule has 0 aromatic carbocycles. The van der Waals surface area contributed by atoms with Gasteiger partial charge in [0.15, 0.2) is 5.60 Å². The third-order valence-corrected chi connectivity index (χ3v) is 3.05. The van der Waals surface area contributed by atoms with Gasteiger partial charge in [0.05, 0.1) is 6.61 Å². The zero-order valence-corrected chi connectivity index (χ0v) is 11.1. The average Bonchev–Trinajstić information content (AvgIpc) is 2.32. The fourth-order valence-electron chi connectivity index (χ4n) is 1.68. The number of hydrogen-bond donors (Lipinski definition) is 2. The number of rotatable bonds is 10. The molecule has 0 bridgehead atoms. The molecule has 0 spiro atoms. The lowest BCUT2D eigenvalue weighted by atomic mass is 9.98. The Morgan fingerprint density at radius 3 is 2.35 bits per heavy atom. The molecule has 0 radical (unpaired) electrons. The number of aliphatic carboxylic acids is 1. The molecular formula is C12H25NO4. The summed E-state index contributed by atoms with van der Waals surface area (Å²) < 4.78 is 4.94. The van der Waals surface area contributed by atoms with Crippen molar-refractivity contribution in [3.8, 4) is 0 Å². The third kappa shape index (κ3) is 5.48. The number of carbonyl (C=O) groups is 1. The summed E-state index contributed by atoms with van der Waals surface area (Å²) in [7, 11) is 3.34. The maximum Gasteiger partial charge on any atom is 0.338 e. The minimum absolute atomic E-state index is 0.325. The summed E-state index contributed by atoms with van der Waals surface area (Å²) in [5.74, 6) is -1.10. The van der Waals surface area contributed by atoms with E-state index in [1.54, 1.807) is 0 Å². The van der Waals surface area contributed by atoms with E-state index < -0.39 is 18.2 Å². The van der Waals surface area contributed by atoms with Gasteiger partial charge in [0.1, 0.15) is 0 Å². The van der Waals surface area contributed by atoms with E-state index in [1.807, 2.05) is 7.05 Å². The number of methoxy groups -OCH3 is 1. The number of nitrogens with zero attached hydrogens (tertiary/aromatic N) is 1. The van der Waals surface area contributed by atoms with E-state index in [2.05, 4.69) is 11.8 Å². The Bertz CT molecular complexity index is 217. The summed E-state index contributed by atoms with van der Waals surface area (Å²) in [5, 5.41) is 18.2. The number of aliphatic hydroxyl groups is 1. The second-order valence-corrected chi connectivity index (χ2v) is 4.42. The van der Waals surface area contributed by atoms with Crippen LogP contribution in [0.5, 0.6) is 0 Å². The predicted octanol–water partition coefficient (Wildman–Crippen LogP) is 0.961. The highest BCUT2D eigenvalue weighted by atomic mass is 16.5. The molecule has 0 aliphatic heterocycles. The first-order valence-corrected chi connectivity index (χ1v) is 6.10. The van der Waals surface area contributed by atoms with Gasteiger partial charge >= 0.3 is 5.97 Å². The molecule has 102 valence electrons. The van der Waals surface area contributed by atoms with Crippen LogP contribution < -0.4 is 0 Å². The minimum atomic E-state index is -1.44. The van der Waals surface area contributed by atoms with Gasteiger partial charge in [-0.25, -0.2) is 4.79 Å². The van der Waals surface area contributed by atoms with Crippen molar-refractivity contribution in [3.05, 3.63) is 0 Å². The van der Waals surface area contributed by atoms with E-state index in [-0.39, 0.29) is 0 Å². The molecule has 2 N–H and O–H groups in total. The van der Waals surface area contributed by atoms with Crippen LogP contribution in [0.15, 0.2) is 0 Å². The van der Waals surface area contributed by atoms with Gasteiger partial charge in [-0.3, -0.25) is 0 Å². The smallest absolute Gasteiger partial charge is 0.338 e. The highest BCUT2D eigenvalue weighted by Gasteiger charge is 2.37. The largest absolute Gasteiger partial charge is 0.479 e. The van der Waals surface area contributed by atoms with Crippen LogP contribution in [-0.4, -0.2) is 60.5 Å². The summed E-state index contributed by atoms with van der Waals surface area (Å²) in [4.78, 5) is 13.2. The van der Waals surface area contributed by atoms with Gasteiger partial charge in [0, 0.05) is 7.11 Å². The van der Waals surface area contributed by atoms with E-state index in [0.717, 1.165) is 25.9 Å². The number of carboxylic acids is 1. The molecular weight excluding hydrogens is 222 g/mol. The number of carboxylic acid groups (broad SMARTS) is 1. The molecule has 1 atom stereocenters. The summed E-state index contributed by atoms with van der Waals surface area (Å²) in [5.41, 5.74) is -1.44. The molecule has 0 aliphatic carbocycles. The monoisotopic (exact) mass is 247 g/mol. The highest BCUT2D eigenvalue weighted by molar-refractivity contribution is 5.77. The number of unbranched alkanes of at least 4 members (excludes halogenated alkanes) is 1. The normalized spacial score (nSPS) is 14.9. The highest BCUT2D eigenvalue weighted by Crippen LogP contribution is 2.17. The Morgan fingerprint density at radius 2 is 1.94 bits per heavy atom. The van der Waals surface area contributed by atoms with Crippen LogP contribution in [0.4, 0.5) is 0 Å². The van der Waals surface area contributed by atoms with Gasteiger partial charge in [-0.15, -0.1) is 0 Å². The van der Waals surface area contributed by atoms with Gasteiger partial charge in [0.25, 0.3) is 0 Å². The fraction of sp³-hybridized carbons (Fsp3) is 0.917. The Morgan fingerprint density at radius 1 is 1.35 bits per heavy atom. The first-order chi connectivity index (χ1) is 8.02. The summed E-state index contributed by atoms with van der Waals surface area (Å²) in [6.45, 7) is 3.48. The van der Waals surface area contributed by atoms with Crippen molar-refractivity contribution in [1.82, 2.24) is 4.90 Å². The molecule has 0 saturated carbocycles.